The van der Waals surface area contributed by atoms with Gasteiger partial charge in [-0.05, 0) is 68.7 Å². The maximum absolute atomic E-state index is 14.6. The number of amides is 2. The van der Waals surface area contributed by atoms with E-state index in [9.17, 15) is 18.0 Å². The van der Waals surface area contributed by atoms with Crippen molar-refractivity contribution in [2.45, 2.75) is 57.1 Å². The molecule has 236 valence electrons. The largest absolute Gasteiger partial charge is 0.350 e. The first-order valence-electron chi connectivity index (χ1n) is 14.5. The Hall–Kier alpha value is -3.85. The SMILES string of the molecule is Cc1ccccc1CN(C(=O)CN(c1cccc(Cl)c1Cl)S(=O)(=O)c1ccccc1)[C@@H](Cc1ccccc1)C(=O)NC(C)(C)C. The first kappa shape index (κ1) is 34.0. The van der Waals surface area contributed by atoms with Gasteiger partial charge in [-0.25, -0.2) is 8.42 Å². The van der Waals surface area contributed by atoms with Crippen molar-refractivity contribution in [1.29, 1.82) is 0 Å². The molecule has 4 aromatic carbocycles. The van der Waals surface area contributed by atoms with Crippen LogP contribution in [0.15, 0.2) is 108 Å². The van der Waals surface area contributed by atoms with Gasteiger partial charge in [0, 0.05) is 18.5 Å². The van der Waals surface area contributed by atoms with Gasteiger partial charge in [0.15, 0.2) is 0 Å². The van der Waals surface area contributed by atoms with Gasteiger partial charge in [0.05, 0.1) is 20.6 Å². The second-order valence-corrected chi connectivity index (χ2v) is 14.4. The third-order valence-electron chi connectivity index (χ3n) is 7.18. The molecule has 0 aliphatic rings. The number of rotatable bonds is 11. The molecule has 0 spiro atoms. The molecule has 7 nitrogen and oxygen atoms in total. The Morgan fingerprint density at radius 3 is 2.04 bits per heavy atom. The molecule has 4 aromatic rings. The van der Waals surface area contributed by atoms with Crippen LogP contribution >= 0.6 is 23.2 Å². The first-order chi connectivity index (χ1) is 21.3. The maximum Gasteiger partial charge on any atom is 0.264 e. The van der Waals surface area contributed by atoms with Crippen LogP contribution in [0.2, 0.25) is 10.0 Å². The van der Waals surface area contributed by atoms with Gasteiger partial charge < -0.3 is 10.2 Å². The van der Waals surface area contributed by atoms with Crippen molar-refractivity contribution < 1.29 is 18.0 Å². The fourth-order valence-corrected chi connectivity index (χ4v) is 6.79. The lowest BCUT2D eigenvalue weighted by Gasteiger charge is -2.35. The maximum atomic E-state index is 14.6. The Kier molecular flexibility index (Phi) is 11.0. The lowest BCUT2D eigenvalue weighted by atomic mass is 10.00. The minimum Gasteiger partial charge on any atom is -0.350 e. The zero-order valence-corrected chi connectivity index (χ0v) is 28.0. The Morgan fingerprint density at radius 1 is 0.822 bits per heavy atom. The van der Waals surface area contributed by atoms with Crippen molar-refractivity contribution >= 4 is 50.7 Å². The average molecular weight is 667 g/mol. The van der Waals surface area contributed by atoms with E-state index in [1.54, 1.807) is 30.3 Å². The topological polar surface area (TPSA) is 86.8 Å². The lowest BCUT2D eigenvalue weighted by Crippen LogP contribution is -2.56. The van der Waals surface area contributed by atoms with E-state index in [1.165, 1.54) is 23.1 Å². The van der Waals surface area contributed by atoms with E-state index in [0.717, 1.165) is 21.0 Å². The average Bonchev–Trinajstić information content (AvgIpc) is 3.00. The molecule has 2 amide bonds. The van der Waals surface area contributed by atoms with E-state index in [-0.39, 0.29) is 39.5 Å². The summed E-state index contributed by atoms with van der Waals surface area (Å²) < 4.78 is 29.2. The van der Waals surface area contributed by atoms with Crippen molar-refractivity contribution in [2.75, 3.05) is 10.8 Å². The molecule has 0 aliphatic heterocycles. The zero-order chi connectivity index (χ0) is 32.8. The van der Waals surface area contributed by atoms with Crippen molar-refractivity contribution in [3.05, 3.63) is 130 Å². The number of nitrogens with zero attached hydrogens (tertiary/aromatic N) is 2. The van der Waals surface area contributed by atoms with Crippen molar-refractivity contribution in [1.82, 2.24) is 10.2 Å². The molecule has 0 saturated carbocycles. The van der Waals surface area contributed by atoms with Crippen LogP contribution < -0.4 is 9.62 Å². The fraction of sp³-hybridized carbons (Fsp3) is 0.257. The number of carbonyl (C=O) groups excluding carboxylic acids is 2. The summed E-state index contributed by atoms with van der Waals surface area (Å²) in [7, 11) is -4.29. The van der Waals surface area contributed by atoms with Crippen molar-refractivity contribution in [3.63, 3.8) is 0 Å². The molecule has 0 aliphatic carbocycles. The van der Waals surface area contributed by atoms with E-state index in [1.807, 2.05) is 82.3 Å². The summed E-state index contributed by atoms with van der Waals surface area (Å²) >= 11 is 12.9. The molecule has 10 heteroatoms. The van der Waals surface area contributed by atoms with Gasteiger partial charge in [0.25, 0.3) is 10.0 Å². The Labute approximate surface area is 275 Å². The van der Waals surface area contributed by atoms with E-state index >= 15 is 0 Å². The van der Waals surface area contributed by atoms with E-state index < -0.39 is 34.1 Å². The number of carbonyl (C=O) groups is 2. The molecule has 0 bridgehead atoms. The molecule has 0 unspecified atom stereocenters. The molecule has 0 saturated heterocycles. The monoisotopic (exact) mass is 665 g/mol. The molecule has 45 heavy (non-hydrogen) atoms. The smallest absolute Gasteiger partial charge is 0.264 e. The van der Waals surface area contributed by atoms with Crippen LogP contribution in [0, 0.1) is 6.92 Å². The highest BCUT2D eigenvalue weighted by molar-refractivity contribution is 7.92. The summed E-state index contributed by atoms with van der Waals surface area (Å²) in [6, 6.07) is 28.4. The molecule has 1 atom stereocenters. The van der Waals surface area contributed by atoms with Gasteiger partial charge >= 0.3 is 0 Å². The number of sulfonamides is 1. The Balaban J connectivity index is 1.85. The molecule has 1 N–H and O–H groups in total. The fourth-order valence-electron chi connectivity index (χ4n) is 4.90. The van der Waals surface area contributed by atoms with Gasteiger partial charge in [0.1, 0.15) is 12.6 Å². The van der Waals surface area contributed by atoms with E-state index in [2.05, 4.69) is 5.32 Å². The van der Waals surface area contributed by atoms with Crippen LogP contribution in [0.5, 0.6) is 0 Å². The molecule has 0 heterocycles. The van der Waals surface area contributed by atoms with Gasteiger partial charge in [-0.2, -0.15) is 0 Å². The molecule has 0 radical (unpaired) electrons. The highest BCUT2D eigenvalue weighted by atomic mass is 35.5. The number of hydrogen-bond acceptors (Lipinski definition) is 4. The highest BCUT2D eigenvalue weighted by Gasteiger charge is 2.36. The second-order valence-electron chi connectivity index (χ2n) is 11.8. The van der Waals surface area contributed by atoms with Crippen LogP contribution in [0.3, 0.4) is 0 Å². The standard InChI is InChI=1S/C35H37Cl2N3O4S/c1-25-14-11-12-17-27(25)23-39(31(34(42)38-35(2,3)4)22-26-15-7-5-8-16-26)32(41)24-40(30-21-13-20-29(36)33(30)37)45(43,44)28-18-9-6-10-19-28/h5-21,31H,22-24H2,1-4H3,(H,38,42)/t31-/m0/s1. The van der Waals surface area contributed by atoms with Gasteiger partial charge in [-0.15, -0.1) is 0 Å². The molecule has 4 rings (SSSR count). The van der Waals surface area contributed by atoms with Crippen molar-refractivity contribution in [3.8, 4) is 0 Å². The molecule has 0 fully saturated rings. The minimum atomic E-state index is -4.29. The van der Waals surface area contributed by atoms with Crippen LogP contribution in [0.25, 0.3) is 0 Å². The van der Waals surface area contributed by atoms with E-state index in [0.29, 0.717) is 0 Å². The highest BCUT2D eigenvalue weighted by Crippen LogP contribution is 2.35. The van der Waals surface area contributed by atoms with Gasteiger partial charge in [0.2, 0.25) is 11.8 Å². The summed E-state index contributed by atoms with van der Waals surface area (Å²) in [5.41, 5.74) is 2.07. The second kappa shape index (κ2) is 14.5. The van der Waals surface area contributed by atoms with Crippen LogP contribution in [0.4, 0.5) is 5.69 Å². The number of anilines is 1. The predicted octanol–water partition coefficient (Wildman–Crippen LogP) is 7.05. The quantitative estimate of drug-likeness (QED) is 0.186. The minimum absolute atomic E-state index is 0.0109. The lowest BCUT2D eigenvalue weighted by molar-refractivity contribution is -0.140. The summed E-state index contributed by atoms with van der Waals surface area (Å²) in [5, 5.41) is 3.16. The molecular weight excluding hydrogens is 629 g/mol. The predicted molar refractivity (Wildman–Crippen MR) is 181 cm³/mol. The Bertz CT molecular complexity index is 1740. The number of aryl methyl sites for hydroxylation is 1. The van der Waals surface area contributed by atoms with Crippen LogP contribution in [0.1, 0.15) is 37.5 Å². The summed E-state index contributed by atoms with van der Waals surface area (Å²) in [6.07, 6.45) is 0.212. The zero-order valence-electron chi connectivity index (χ0n) is 25.7. The summed E-state index contributed by atoms with van der Waals surface area (Å²) in [5.74, 6) is -0.940. The number of hydrogen-bond donors (Lipinski definition) is 1. The third-order valence-corrected chi connectivity index (χ3v) is 9.76. The number of nitrogens with one attached hydrogen (secondary N) is 1. The van der Waals surface area contributed by atoms with Crippen LogP contribution in [-0.4, -0.2) is 43.3 Å². The van der Waals surface area contributed by atoms with E-state index in [4.69, 9.17) is 23.2 Å². The Morgan fingerprint density at radius 2 is 1.42 bits per heavy atom. The molecular formula is C35H37Cl2N3O4S. The van der Waals surface area contributed by atoms with Gasteiger partial charge in [-0.3, -0.25) is 13.9 Å². The first-order valence-corrected chi connectivity index (χ1v) is 16.7. The number of halogens is 2. The van der Waals surface area contributed by atoms with Crippen molar-refractivity contribution in [2.24, 2.45) is 0 Å². The number of benzene rings is 4. The third kappa shape index (κ3) is 8.66. The summed E-state index contributed by atoms with van der Waals surface area (Å²) in [6.45, 7) is 6.98. The molecule has 0 aromatic heterocycles. The van der Waals surface area contributed by atoms with Gasteiger partial charge in [-0.1, -0.05) is 102 Å². The van der Waals surface area contributed by atoms with Crippen LogP contribution in [-0.2, 0) is 32.6 Å². The summed E-state index contributed by atoms with van der Waals surface area (Å²) in [4.78, 5) is 30.0. The normalized spacial score (nSPS) is 12.3.